The average molecular weight is 326 g/mol. The lowest BCUT2D eigenvalue weighted by atomic mass is 10.1. The van der Waals surface area contributed by atoms with E-state index in [-0.39, 0.29) is 5.91 Å². The van der Waals surface area contributed by atoms with Crippen LogP contribution < -0.4 is 4.90 Å². The number of halogens is 1. The van der Waals surface area contributed by atoms with Crippen LogP contribution in [0.15, 0.2) is 48.5 Å². The summed E-state index contributed by atoms with van der Waals surface area (Å²) >= 11 is 6.03. The van der Waals surface area contributed by atoms with Gasteiger partial charge in [0.1, 0.15) is 0 Å². The van der Waals surface area contributed by atoms with Crippen molar-refractivity contribution in [3.63, 3.8) is 0 Å². The molecule has 116 valence electrons. The number of anilines is 1. The Morgan fingerprint density at radius 2 is 1.74 bits per heavy atom. The maximum absolute atomic E-state index is 12.5. The van der Waals surface area contributed by atoms with Crippen LogP contribution in [0.4, 0.5) is 5.69 Å². The first-order valence-electron chi connectivity index (χ1n) is 7.47. The Morgan fingerprint density at radius 3 is 2.35 bits per heavy atom. The summed E-state index contributed by atoms with van der Waals surface area (Å²) in [5.41, 5.74) is 2.27. The summed E-state index contributed by atoms with van der Waals surface area (Å²) in [4.78, 5) is 16.6. The van der Waals surface area contributed by atoms with E-state index in [0.29, 0.717) is 24.2 Å². The summed E-state index contributed by atoms with van der Waals surface area (Å²) in [6, 6.07) is 16.6. The molecule has 0 bridgehead atoms. The third kappa shape index (κ3) is 3.46. The molecular formula is C18H16ClN3O. The van der Waals surface area contributed by atoms with Crippen molar-refractivity contribution in [1.82, 2.24) is 4.90 Å². The van der Waals surface area contributed by atoms with Crippen LogP contribution in [0.25, 0.3) is 0 Å². The number of nitrogens with zero attached hydrogens (tertiary/aromatic N) is 3. The lowest BCUT2D eigenvalue weighted by molar-refractivity contribution is 0.0747. The van der Waals surface area contributed by atoms with E-state index in [2.05, 4.69) is 11.0 Å². The molecule has 4 nitrogen and oxygen atoms in total. The Bertz CT molecular complexity index is 744. The molecule has 0 radical (unpaired) electrons. The molecule has 1 heterocycles. The quantitative estimate of drug-likeness (QED) is 0.852. The third-order valence-corrected chi connectivity index (χ3v) is 4.24. The van der Waals surface area contributed by atoms with E-state index in [4.69, 9.17) is 16.9 Å². The van der Waals surface area contributed by atoms with Gasteiger partial charge >= 0.3 is 0 Å². The normalized spacial score (nSPS) is 14.4. The molecule has 1 saturated heterocycles. The lowest BCUT2D eigenvalue weighted by Gasteiger charge is -2.36. The second-order valence-electron chi connectivity index (χ2n) is 5.45. The predicted octanol–water partition coefficient (Wildman–Crippen LogP) is 3.17. The van der Waals surface area contributed by atoms with Crippen molar-refractivity contribution in [2.45, 2.75) is 0 Å². The molecule has 0 N–H and O–H groups in total. The van der Waals surface area contributed by atoms with Gasteiger partial charge in [-0.25, -0.2) is 0 Å². The van der Waals surface area contributed by atoms with Crippen molar-refractivity contribution in [2.24, 2.45) is 0 Å². The number of piperazine rings is 1. The molecule has 1 aliphatic rings. The molecule has 2 aromatic rings. The zero-order chi connectivity index (χ0) is 16.2. The van der Waals surface area contributed by atoms with Crippen LogP contribution in [-0.4, -0.2) is 37.0 Å². The van der Waals surface area contributed by atoms with E-state index in [1.165, 1.54) is 0 Å². The highest BCUT2D eigenvalue weighted by molar-refractivity contribution is 6.30. The maximum Gasteiger partial charge on any atom is 0.253 e. The number of hydrogen-bond acceptors (Lipinski definition) is 3. The van der Waals surface area contributed by atoms with Gasteiger partial charge in [0.2, 0.25) is 0 Å². The minimum atomic E-state index is 0.0141. The molecule has 23 heavy (non-hydrogen) atoms. The molecule has 5 heteroatoms. The number of hydrogen-bond donors (Lipinski definition) is 0. The van der Waals surface area contributed by atoms with Gasteiger partial charge in [-0.15, -0.1) is 0 Å². The molecule has 0 aromatic heterocycles. The van der Waals surface area contributed by atoms with E-state index >= 15 is 0 Å². The van der Waals surface area contributed by atoms with Gasteiger partial charge < -0.3 is 9.80 Å². The van der Waals surface area contributed by atoms with Crippen LogP contribution >= 0.6 is 11.6 Å². The van der Waals surface area contributed by atoms with Gasteiger partial charge in [-0.2, -0.15) is 5.26 Å². The van der Waals surface area contributed by atoms with Crippen molar-refractivity contribution in [3.05, 3.63) is 64.7 Å². The molecular weight excluding hydrogens is 310 g/mol. The maximum atomic E-state index is 12.5. The molecule has 0 unspecified atom stereocenters. The van der Waals surface area contributed by atoms with Crippen molar-refractivity contribution in [2.75, 3.05) is 31.1 Å². The molecule has 0 saturated carbocycles. The Labute approximate surface area is 140 Å². The average Bonchev–Trinajstić information content (AvgIpc) is 2.61. The van der Waals surface area contributed by atoms with Crippen LogP contribution in [0.5, 0.6) is 0 Å². The zero-order valence-corrected chi connectivity index (χ0v) is 13.3. The molecule has 1 amide bonds. The monoisotopic (exact) mass is 325 g/mol. The summed E-state index contributed by atoms with van der Waals surface area (Å²) in [7, 11) is 0. The first-order valence-corrected chi connectivity index (χ1v) is 7.85. The third-order valence-electron chi connectivity index (χ3n) is 4.00. The topological polar surface area (TPSA) is 47.3 Å². The lowest BCUT2D eigenvalue weighted by Crippen LogP contribution is -2.48. The van der Waals surface area contributed by atoms with Crippen LogP contribution in [0.1, 0.15) is 15.9 Å². The first kappa shape index (κ1) is 15.4. The molecule has 0 atom stereocenters. The minimum Gasteiger partial charge on any atom is -0.368 e. The van der Waals surface area contributed by atoms with Gasteiger partial charge in [0, 0.05) is 42.5 Å². The van der Waals surface area contributed by atoms with E-state index in [9.17, 15) is 4.79 Å². The van der Waals surface area contributed by atoms with Crippen LogP contribution in [-0.2, 0) is 0 Å². The van der Waals surface area contributed by atoms with E-state index < -0.39 is 0 Å². The van der Waals surface area contributed by atoms with Crippen LogP contribution in [0, 0.1) is 11.3 Å². The summed E-state index contributed by atoms with van der Waals surface area (Å²) in [5, 5.41) is 9.53. The highest BCUT2D eigenvalue weighted by Gasteiger charge is 2.22. The Hall–Kier alpha value is -2.51. The summed E-state index contributed by atoms with van der Waals surface area (Å²) in [5.74, 6) is 0.0141. The molecule has 0 aliphatic carbocycles. The highest BCUT2D eigenvalue weighted by Crippen LogP contribution is 2.21. The second-order valence-corrected chi connectivity index (χ2v) is 5.88. The van der Waals surface area contributed by atoms with E-state index in [1.54, 1.807) is 24.3 Å². The van der Waals surface area contributed by atoms with E-state index in [1.807, 2.05) is 29.2 Å². The minimum absolute atomic E-state index is 0.0141. The Kier molecular flexibility index (Phi) is 4.50. The fourth-order valence-electron chi connectivity index (χ4n) is 2.71. The van der Waals surface area contributed by atoms with E-state index in [0.717, 1.165) is 23.8 Å². The molecule has 1 aliphatic heterocycles. The van der Waals surface area contributed by atoms with Gasteiger partial charge in [0.15, 0.2) is 0 Å². The van der Waals surface area contributed by atoms with Gasteiger partial charge in [-0.1, -0.05) is 17.7 Å². The Balaban J connectivity index is 1.64. The second kappa shape index (κ2) is 6.72. The smallest absolute Gasteiger partial charge is 0.253 e. The number of amides is 1. The van der Waals surface area contributed by atoms with Crippen LogP contribution in [0.3, 0.4) is 0 Å². The predicted molar refractivity (Wildman–Crippen MR) is 90.7 cm³/mol. The summed E-state index contributed by atoms with van der Waals surface area (Å²) in [6.45, 7) is 2.90. The fourth-order valence-corrected chi connectivity index (χ4v) is 2.90. The molecule has 3 rings (SSSR count). The van der Waals surface area contributed by atoms with Crippen LogP contribution in [0.2, 0.25) is 5.02 Å². The Morgan fingerprint density at radius 1 is 1.04 bits per heavy atom. The van der Waals surface area contributed by atoms with Crippen molar-refractivity contribution in [3.8, 4) is 6.07 Å². The summed E-state index contributed by atoms with van der Waals surface area (Å²) in [6.07, 6.45) is 0. The summed E-state index contributed by atoms with van der Waals surface area (Å²) < 4.78 is 0. The molecule has 0 spiro atoms. The fraction of sp³-hybridized carbons (Fsp3) is 0.222. The van der Waals surface area contributed by atoms with Gasteiger partial charge in [-0.05, 0) is 42.5 Å². The number of rotatable bonds is 2. The van der Waals surface area contributed by atoms with Crippen molar-refractivity contribution in [1.29, 1.82) is 5.26 Å². The number of carbonyl (C=O) groups is 1. The van der Waals surface area contributed by atoms with Gasteiger partial charge in [-0.3, -0.25) is 4.79 Å². The zero-order valence-electron chi connectivity index (χ0n) is 12.6. The number of carbonyl (C=O) groups excluding carboxylic acids is 1. The van der Waals surface area contributed by atoms with Gasteiger partial charge in [0.25, 0.3) is 5.91 Å². The largest absolute Gasteiger partial charge is 0.368 e. The number of nitriles is 1. The van der Waals surface area contributed by atoms with Crippen molar-refractivity contribution < 1.29 is 4.79 Å². The van der Waals surface area contributed by atoms with Crippen molar-refractivity contribution >= 4 is 23.2 Å². The standard InChI is InChI=1S/C18H16ClN3O/c19-16-2-1-3-17(12-16)21-8-10-22(11-9-21)18(23)15-6-4-14(13-20)5-7-15/h1-7,12H,8-11H2. The van der Waals surface area contributed by atoms with Gasteiger partial charge in [0.05, 0.1) is 11.6 Å². The highest BCUT2D eigenvalue weighted by atomic mass is 35.5. The first-order chi connectivity index (χ1) is 11.2. The molecule has 1 fully saturated rings. The molecule has 2 aromatic carbocycles. The number of benzene rings is 2. The SMILES string of the molecule is N#Cc1ccc(C(=O)N2CCN(c3cccc(Cl)c3)CC2)cc1.